The summed E-state index contributed by atoms with van der Waals surface area (Å²) in [5, 5.41) is 2.75. The van der Waals surface area contributed by atoms with Crippen molar-refractivity contribution in [2.75, 3.05) is 16.8 Å². The van der Waals surface area contributed by atoms with E-state index in [9.17, 15) is 4.79 Å². The molecule has 0 saturated carbocycles. The Kier molecular flexibility index (Phi) is 4.35. The second-order valence-electron chi connectivity index (χ2n) is 4.63. The van der Waals surface area contributed by atoms with Crippen LogP contribution in [0.25, 0.3) is 0 Å². The predicted molar refractivity (Wildman–Crippen MR) is 82.8 cm³/mol. The third-order valence-corrected chi connectivity index (χ3v) is 4.22. The van der Waals surface area contributed by atoms with E-state index in [0.717, 1.165) is 17.9 Å². The van der Waals surface area contributed by atoms with Crippen molar-refractivity contribution in [3.8, 4) is 5.88 Å². The first-order chi connectivity index (χ1) is 10.3. The molecule has 1 aliphatic rings. The summed E-state index contributed by atoms with van der Waals surface area (Å²) in [7, 11) is 0. The SMILES string of the molecule is O=C(Nc1ccccn1)c1cccnc1OC1CCSC1. The first-order valence-electron chi connectivity index (χ1n) is 6.75. The zero-order valence-corrected chi connectivity index (χ0v) is 12.2. The fourth-order valence-electron chi connectivity index (χ4n) is 2.04. The molecule has 0 aliphatic carbocycles. The molecule has 108 valence electrons. The molecule has 0 bridgehead atoms. The lowest BCUT2D eigenvalue weighted by molar-refractivity contribution is 0.101. The molecule has 0 aromatic carbocycles. The largest absolute Gasteiger partial charge is 0.473 e. The summed E-state index contributed by atoms with van der Waals surface area (Å²) >= 11 is 1.85. The van der Waals surface area contributed by atoms with Gasteiger partial charge in [-0.1, -0.05) is 6.07 Å². The number of nitrogens with zero attached hydrogens (tertiary/aromatic N) is 2. The van der Waals surface area contributed by atoms with Gasteiger partial charge in [0.2, 0.25) is 5.88 Å². The number of hydrogen-bond acceptors (Lipinski definition) is 5. The van der Waals surface area contributed by atoms with E-state index < -0.39 is 0 Å². The van der Waals surface area contributed by atoms with Gasteiger partial charge in [0.05, 0.1) is 0 Å². The summed E-state index contributed by atoms with van der Waals surface area (Å²) < 4.78 is 5.85. The first kappa shape index (κ1) is 13.9. The van der Waals surface area contributed by atoms with Crippen molar-refractivity contribution in [1.82, 2.24) is 9.97 Å². The van der Waals surface area contributed by atoms with Crippen LogP contribution >= 0.6 is 11.8 Å². The summed E-state index contributed by atoms with van der Waals surface area (Å²) in [6.45, 7) is 0. The van der Waals surface area contributed by atoms with Gasteiger partial charge in [-0.2, -0.15) is 11.8 Å². The van der Waals surface area contributed by atoms with Gasteiger partial charge in [-0.05, 0) is 36.4 Å². The molecule has 1 saturated heterocycles. The molecule has 3 heterocycles. The standard InChI is InChI=1S/C15H15N3O2S/c19-14(18-13-5-1-2-7-16-13)12-4-3-8-17-15(12)20-11-6-9-21-10-11/h1-5,7-8,11H,6,9-10H2,(H,16,18,19). The lowest BCUT2D eigenvalue weighted by Crippen LogP contribution is -2.20. The zero-order chi connectivity index (χ0) is 14.5. The molecule has 6 heteroatoms. The van der Waals surface area contributed by atoms with E-state index in [0.29, 0.717) is 17.3 Å². The van der Waals surface area contributed by atoms with E-state index in [-0.39, 0.29) is 12.0 Å². The average Bonchev–Trinajstić information content (AvgIpc) is 3.02. The highest BCUT2D eigenvalue weighted by Crippen LogP contribution is 2.24. The highest BCUT2D eigenvalue weighted by atomic mass is 32.2. The molecule has 0 spiro atoms. The Labute approximate surface area is 127 Å². The van der Waals surface area contributed by atoms with Crippen molar-refractivity contribution >= 4 is 23.5 Å². The number of thioether (sulfide) groups is 1. The van der Waals surface area contributed by atoms with Crippen LogP contribution < -0.4 is 10.1 Å². The number of hydrogen-bond donors (Lipinski definition) is 1. The minimum absolute atomic E-state index is 0.131. The molecule has 3 rings (SSSR count). The maximum atomic E-state index is 12.3. The van der Waals surface area contributed by atoms with Crippen LogP contribution in [0, 0.1) is 0 Å². The molecule has 1 fully saturated rings. The summed E-state index contributed by atoms with van der Waals surface area (Å²) in [6, 6.07) is 8.79. The van der Waals surface area contributed by atoms with Gasteiger partial charge in [0.1, 0.15) is 17.5 Å². The van der Waals surface area contributed by atoms with Crippen molar-refractivity contribution < 1.29 is 9.53 Å². The van der Waals surface area contributed by atoms with Crippen molar-refractivity contribution in [2.24, 2.45) is 0 Å². The minimum Gasteiger partial charge on any atom is -0.473 e. The summed E-state index contributed by atoms with van der Waals surface area (Å²) in [5.41, 5.74) is 0.431. The summed E-state index contributed by atoms with van der Waals surface area (Å²) in [4.78, 5) is 20.6. The van der Waals surface area contributed by atoms with Gasteiger partial charge >= 0.3 is 0 Å². The quantitative estimate of drug-likeness (QED) is 0.940. The number of ether oxygens (including phenoxy) is 1. The van der Waals surface area contributed by atoms with Crippen LogP contribution in [0.3, 0.4) is 0 Å². The first-order valence-corrected chi connectivity index (χ1v) is 7.90. The molecule has 5 nitrogen and oxygen atoms in total. The van der Waals surface area contributed by atoms with Crippen LogP contribution in [-0.4, -0.2) is 33.5 Å². The maximum absolute atomic E-state index is 12.3. The van der Waals surface area contributed by atoms with Gasteiger partial charge in [0, 0.05) is 18.1 Å². The molecule has 1 N–H and O–H groups in total. The third kappa shape index (κ3) is 3.52. The number of carbonyl (C=O) groups excluding carboxylic acids is 1. The Balaban J connectivity index is 1.76. The fraction of sp³-hybridized carbons (Fsp3) is 0.267. The Morgan fingerprint density at radius 3 is 2.90 bits per heavy atom. The van der Waals surface area contributed by atoms with E-state index >= 15 is 0 Å². The molecule has 21 heavy (non-hydrogen) atoms. The van der Waals surface area contributed by atoms with Crippen molar-refractivity contribution in [3.05, 3.63) is 48.3 Å². The fourth-order valence-corrected chi connectivity index (χ4v) is 3.14. The second kappa shape index (κ2) is 6.58. The Morgan fingerprint density at radius 2 is 2.14 bits per heavy atom. The molecule has 1 aliphatic heterocycles. The number of rotatable bonds is 4. The highest BCUT2D eigenvalue weighted by Gasteiger charge is 2.21. The maximum Gasteiger partial charge on any atom is 0.262 e. The van der Waals surface area contributed by atoms with E-state index in [1.54, 1.807) is 36.7 Å². The number of carbonyl (C=O) groups is 1. The molecule has 2 aromatic rings. The lowest BCUT2D eigenvalue weighted by atomic mass is 10.2. The van der Waals surface area contributed by atoms with Gasteiger partial charge < -0.3 is 10.1 Å². The van der Waals surface area contributed by atoms with Gasteiger partial charge in [0.25, 0.3) is 5.91 Å². The number of anilines is 1. The van der Waals surface area contributed by atoms with Crippen LogP contribution in [0.1, 0.15) is 16.8 Å². The van der Waals surface area contributed by atoms with Crippen LogP contribution in [0.5, 0.6) is 5.88 Å². The molecular weight excluding hydrogens is 286 g/mol. The molecule has 1 amide bonds. The van der Waals surface area contributed by atoms with Crippen LogP contribution in [0.2, 0.25) is 0 Å². The smallest absolute Gasteiger partial charge is 0.262 e. The Hall–Kier alpha value is -2.08. The van der Waals surface area contributed by atoms with Crippen molar-refractivity contribution in [1.29, 1.82) is 0 Å². The Bertz CT molecular complexity index is 615. The van der Waals surface area contributed by atoms with Crippen LogP contribution in [0.15, 0.2) is 42.7 Å². The molecule has 1 atom stereocenters. The number of pyridine rings is 2. The van der Waals surface area contributed by atoms with Crippen LogP contribution in [-0.2, 0) is 0 Å². The zero-order valence-electron chi connectivity index (χ0n) is 11.4. The van der Waals surface area contributed by atoms with E-state index in [1.165, 1.54) is 0 Å². The van der Waals surface area contributed by atoms with Crippen molar-refractivity contribution in [2.45, 2.75) is 12.5 Å². The molecular formula is C15H15N3O2S. The number of aromatic nitrogens is 2. The van der Waals surface area contributed by atoms with Crippen LogP contribution in [0.4, 0.5) is 5.82 Å². The topological polar surface area (TPSA) is 64.1 Å². The number of amides is 1. The predicted octanol–water partition coefficient (Wildman–Crippen LogP) is 2.61. The molecule has 1 unspecified atom stereocenters. The normalized spacial score (nSPS) is 17.4. The van der Waals surface area contributed by atoms with Crippen molar-refractivity contribution in [3.63, 3.8) is 0 Å². The van der Waals surface area contributed by atoms with Gasteiger partial charge in [-0.25, -0.2) is 9.97 Å². The van der Waals surface area contributed by atoms with E-state index in [2.05, 4.69) is 15.3 Å². The highest BCUT2D eigenvalue weighted by molar-refractivity contribution is 7.99. The third-order valence-electron chi connectivity index (χ3n) is 3.09. The minimum atomic E-state index is -0.262. The van der Waals surface area contributed by atoms with Gasteiger partial charge in [0.15, 0.2) is 0 Å². The molecule has 0 radical (unpaired) electrons. The second-order valence-corrected chi connectivity index (χ2v) is 5.78. The summed E-state index contributed by atoms with van der Waals surface area (Å²) in [5.74, 6) is 2.67. The number of nitrogens with one attached hydrogen (secondary N) is 1. The molecule has 2 aromatic heterocycles. The summed E-state index contributed by atoms with van der Waals surface area (Å²) in [6.07, 6.45) is 4.38. The van der Waals surface area contributed by atoms with Gasteiger partial charge in [-0.15, -0.1) is 0 Å². The average molecular weight is 301 g/mol. The van der Waals surface area contributed by atoms with Gasteiger partial charge in [-0.3, -0.25) is 4.79 Å². The van der Waals surface area contributed by atoms with E-state index in [4.69, 9.17) is 4.74 Å². The Morgan fingerprint density at radius 1 is 1.24 bits per heavy atom. The van der Waals surface area contributed by atoms with E-state index in [1.807, 2.05) is 17.8 Å². The lowest BCUT2D eigenvalue weighted by Gasteiger charge is -2.14. The monoisotopic (exact) mass is 301 g/mol.